The predicted octanol–water partition coefficient (Wildman–Crippen LogP) is 1.02. The van der Waals surface area contributed by atoms with Gasteiger partial charge in [0, 0.05) is 32.8 Å². The summed E-state index contributed by atoms with van der Waals surface area (Å²) in [6.45, 7) is 1.92. The monoisotopic (exact) mass is 281 g/mol. The Labute approximate surface area is 120 Å². The van der Waals surface area contributed by atoms with Crippen molar-refractivity contribution >= 4 is 5.96 Å². The first-order valence-electron chi connectivity index (χ1n) is 6.40. The summed E-state index contributed by atoms with van der Waals surface area (Å²) in [5, 5.41) is 6.37. The van der Waals surface area contributed by atoms with Crippen LogP contribution in [0.3, 0.4) is 0 Å². The molecular weight excluding hydrogens is 258 g/mol. The van der Waals surface area contributed by atoms with Gasteiger partial charge in [-0.05, 0) is 6.07 Å². The molecule has 1 aromatic rings. The van der Waals surface area contributed by atoms with Crippen molar-refractivity contribution < 1.29 is 14.2 Å². The van der Waals surface area contributed by atoms with Crippen molar-refractivity contribution in [3.63, 3.8) is 0 Å². The Morgan fingerprint density at radius 1 is 1.15 bits per heavy atom. The third-order valence-corrected chi connectivity index (χ3v) is 2.75. The molecule has 6 heteroatoms. The van der Waals surface area contributed by atoms with Crippen molar-refractivity contribution in [1.29, 1.82) is 0 Å². The molecule has 0 aliphatic carbocycles. The standard InChI is InChI=1S/C14H23N3O3/c1-15-14(16-8-9-18-2)17-10-11-6-5-7-12(19-3)13(11)20-4/h5-7H,8-10H2,1-4H3,(H2,15,16,17). The van der Waals surface area contributed by atoms with Gasteiger partial charge in [0.15, 0.2) is 17.5 Å². The molecule has 0 aromatic heterocycles. The Hall–Kier alpha value is -1.95. The number of hydrogen-bond acceptors (Lipinski definition) is 4. The maximum absolute atomic E-state index is 5.39. The van der Waals surface area contributed by atoms with Gasteiger partial charge in [-0.2, -0.15) is 0 Å². The highest BCUT2D eigenvalue weighted by Crippen LogP contribution is 2.30. The third-order valence-electron chi connectivity index (χ3n) is 2.75. The summed E-state index contributed by atoms with van der Waals surface area (Å²) < 4.78 is 15.6. The summed E-state index contributed by atoms with van der Waals surface area (Å²) in [7, 11) is 6.65. The average Bonchev–Trinajstić information content (AvgIpc) is 2.50. The Balaban J connectivity index is 2.64. The Morgan fingerprint density at radius 3 is 2.55 bits per heavy atom. The maximum Gasteiger partial charge on any atom is 0.191 e. The molecule has 0 saturated carbocycles. The number of benzene rings is 1. The highest BCUT2D eigenvalue weighted by Gasteiger charge is 2.09. The van der Waals surface area contributed by atoms with E-state index in [-0.39, 0.29) is 0 Å². The van der Waals surface area contributed by atoms with E-state index in [1.54, 1.807) is 28.4 Å². The van der Waals surface area contributed by atoms with Gasteiger partial charge >= 0.3 is 0 Å². The van der Waals surface area contributed by atoms with Crippen LogP contribution in [0.1, 0.15) is 5.56 Å². The highest BCUT2D eigenvalue weighted by atomic mass is 16.5. The number of aliphatic imine (C=N–C) groups is 1. The zero-order valence-corrected chi connectivity index (χ0v) is 12.5. The van der Waals surface area contributed by atoms with Crippen LogP contribution in [-0.2, 0) is 11.3 Å². The van der Waals surface area contributed by atoms with Crippen molar-refractivity contribution in [1.82, 2.24) is 10.6 Å². The van der Waals surface area contributed by atoms with Gasteiger partial charge in [-0.1, -0.05) is 12.1 Å². The molecule has 20 heavy (non-hydrogen) atoms. The van der Waals surface area contributed by atoms with E-state index in [0.29, 0.717) is 31.4 Å². The quantitative estimate of drug-likeness (QED) is 0.444. The van der Waals surface area contributed by atoms with E-state index in [1.165, 1.54) is 0 Å². The fraction of sp³-hybridized carbons (Fsp3) is 0.500. The summed E-state index contributed by atoms with van der Waals surface area (Å²) in [5.41, 5.74) is 1.00. The van der Waals surface area contributed by atoms with Gasteiger partial charge in [0.05, 0.1) is 20.8 Å². The molecule has 0 heterocycles. The average molecular weight is 281 g/mol. The number of para-hydroxylation sites is 1. The van der Waals surface area contributed by atoms with Gasteiger partial charge in [0.2, 0.25) is 0 Å². The van der Waals surface area contributed by atoms with Gasteiger partial charge in [-0.25, -0.2) is 0 Å². The molecule has 2 N–H and O–H groups in total. The highest BCUT2D eigenvalue weighted by molar-refractivity contribution is 5.79. The zero-order valence-electron chi connectivity index (χ0n) is 12.5. The molecule has 112 valence electrons. The SMILES string of the molecule is CN=C(NCCOC)NCc1cccc(OC)c1OC. The molecule has 0 amide bonds. The fourth-order valence-corrected chi connectivity index (χ4v) is 1.76. The van der Waals surface area contributed by atoms with Crippen molar-refractivity contribution in [3.05, 3.63) is 23.8 Å². The largest absolute Gasteiger partial charge is 0.493 e. The zero-order chi connectivity index (χ0) is 14.8. The first kappa shape index (κ1) is 16.1. The smallest absolute Gasteiger partial charge is 0.191 e. The van der Waals surface area contributed by atoms with Crippen LogP contribution < -0.4 is 20.1 Å². The van der Waals surface area contributed by atoms with Gasteiger partial charge < -0.3 is 24.8 Å². The third kappa shape index (κ3) is 4.62. The lowest BCUT2D eigenvalue weighted by Crippen LogP contribution is -2.38. The summed E-state index contributed by atoms with van der Waals surface area (Å²) >= 11 is 0. The van der Waals surface area contributed by atoms with Crippen LogP contribution in [-0.4, -0.2) is 47.5 Å². The second kappa shape index (κ2) is 9.03. The molecular formula is C14H23N3O3. The lowest BCUT2D eigenvalue weighted by atomic mass is 10.2. The summed E-state index contributed by atoms with van der Waals surface area (Å²) in [5.74, 6) is 2.16. The predicted molar refractivity (Wildman–Crippen MR) is 79.6 cm³/mol. The van der Waals surface area contributed by atoms with Crippen molar-refractivity contribution in [2.75, 3.05) is 41.5 Å². The number of methoxy groups -OCH3 is 3. The van der Waals surface area contributed by atoms with E-state index < -0.39 is 0 Å². The minimum Gasteiger partial charge on any atom is -0.493 e. The summed E-state index contributed by atoms with van der Waals surface area (Å²) in [6, 6.07) is 5.78. The Kier molecular flexibility index (Phi) is 7.27. The molecule has 0 bridgehead atoms. The van der Waals surface area contributed by atoms with Gasteiger partial charge in [0.1, 0.15) is 0 Å². The first-order valence-corrected chi connectivity index (χ1v) is 6.40. The topological polar surface area (TPSA) is 64.1 Å². The van der Waals surface area contributed by atoms with Crippen LogP contribution in [0.15, 0.2) is 23.2 Å². The summed E-state index contributed by atoms with van der Waals surface area (Å²) in [6.07, 6.45) is 0. The molecule has 0 radical (unpaired) electrons. The Bertz CT molecular complexity index is 436. The second-order valence-electron chi connectivity index (χ2n) is 4.00. The molecule has 0 atom stereocenters. The van der Waals surface area contributed by atoms with Crippen molar-refractivity contribution in [2.45, 2.75) is 6.54 Å². The lowest BCUT2D eigenvalue weighted by molar-refractivity contribution is 0.203. The van der Waals surface area contributed by atoms with Gasteiger partial charge in [-0.3, -0.25) is 4.99 Å². The van der Waals surface area contributed by atoms with E-state index in [4.69, 9.17) is 14.2 Å². The number of ether oxygens (including phenoxy) is 3. The molecule has 1 aromatic carbocycles. The van der Waals surface area contributed by atoms with Gasteiger partial charge in [-0.15, -0.1) is 0 Å². The number of nitrogens with zero attached hydrogens (tertiary/aromatic N) is 1. The molecule has 0 aliphatic heterocycles. The minimum absolute atomic E-state index is 0.590. The lowest BCUT2D eigenvalue weighted by Gasteiger charge is -2.15. The van der Waals surface area contributed by atoms with Crippen LogP contribution in [0.25, 0.3) is 0 Å². The van der Waals surface area contributed by atoms with E-state index in [2.05, 4.69) is 15.6 Å². The fourth-order valence-electron chi connectivity index (χ4n) is 1.76. The van der Waals surface area contributed by atoms with Crippen LogP contribution >= 0.6 is 0 Å². The van der Waals surface area contributed by atoms with Crippen LogP contribution in [0, 0.1) is 0 Å². The molecule has 0 aliphatic rings. The van der Waals surface area contributed by atoms with E-state index in [0.717, 1.165) is 11.3 Å². The number of guanidine groups is 1. The summed E-state index contributed by atoms with van der Waals surface area (Å²) in [4.78, 5) is 4.14. The van der Waals surface area contributed by atoms with E-state index in [1.807, 2.05) is 18.2 Å². The molecule has 0 fully saturated rings. The van der Waals surface area contributed by atoms with E-state index >= 15 is 0 Å². The number of nitrogens with one attached hydrogen (secondary N) is 2. The minimum atomic E-state index is 0.590. The number of rotatable bonds is 7. The normalized spacial score (nSPS) is 11.1. The van der Waals surface area contributed by atoms with Crippen LogP contribution in [0.5, 0.6) is 11.5 Å². The second-order valence-corrected chi connectivity index (χ2v) is 4.00. The molecule has 0 spiro atoms. The van der Waals surface area contributed by atoms with Crippen LogP contribution in [0.2, 0.25) is 0 Å². The van der Waals surface area contributed by atoms with Crippen molar-refractivity contribution in [3.8, 4) is 11.5 Å². The molecule has 1 rings (SSSR count). The van der Waals surface area contributed by atoms with E-state index in [9.17, 15) is 0 Å². The van der Waals surface area contributed by atoms with Crippen molar-refractivity contribution in [2.24, 2.45) is 4.99 Å². The molecule has 6 nitrogen and oxygen atoms in total. The van der Waals surface area contributed by atoms with Crippen LogP contribution in [0.4, 0.5) is 0 Å². The number of hydrogen-bond donors (Lipinski definition) is 2. The Morgan fingerprint density at radius 2 is 1.95 bits per heavy atom. The van der Waals surface area contributed by atoms with Gasteiger partial charge in [0.25, 0.3) is 0 Å². The maximum atomic E-state index is 5.39. The first-order chi connectivity index (χ1) is 9.76. The molecule has 0 unspecified atom stereocenters. The molecule has 0 saturated heterocycles.